The normalized spacial score (nSPS) is 26.9. The quantitative estimate of drug-likeness (QED) is 0.704. The van der Waals surface area contributed by atoms with Gasteiger partial charge in [0.05, 0.1) is 6.10 Å². The van der Waals surface area contributed by atoms with Crippen molar-refractivity contribution in [1.82, 2.24) is 10.2 Å². The molecule has 3 nitrogen and oxygen atoms in total. The van der Waals surface area contributed by atoms with Crippen LogP contribution in [0.1, 0.15) is 53.9 Å². The van der Waals surface area contributed by atoms with E-state index in [0.29, 0.717) is 18.2 Å². The molecule has 0 radical (unpaired) electrons. The van der Waals surface area contributed by atoms with Gasteiger partial charge < -0.3 is 15.0 Å². The summed E-state index contributed by atoms with van der Waals surface area (Å²) in [7, 11) is 4.42. The summed E-state index contributed by atoms with van der Waals surface area (Å²) in [5.74, 6) is 0.781. The van der Waals surface area contributed by atoms with Crippen molar-refractivity contribution in [3.05, 3.63) is 0 Å². The Morgan fingerprint density at radius 3 is 2.20 bits per heavy atom. The van der Waals surface area contributed by atoms with E-state index in [1.54, 1.807) is 0 Å². The fourth-order valence-corrected chi connectivity index (χ4v) is 3.58. The first-order valence-corrected chi connectivity index (χ1v) is 8.39. The lowest BCUT2D eigenvalue weighted by molar-refractivity contribution is -0.115. The fourth-order valence-electron chi connectivity index (χ4n) is 3.58. The predicted molar refractivity (Wildman–Crippen MR) is 87.1 cm³/mol. The monoisotopic (exact) mass is 284 g/mol. The Balaban J connectivity index is 2.49. The van der Waals surface area contributed by atoms with Crippen molar-refractivity contribution < 1.29 is 4.74 Å². The second-order valence-corrected chi connectivity index (χ2v) is 7.07. The molecule has 0 aromatic carbocycles. The molecule has 1 rings (SSSR count). The number of hydrogen-bond donors (Lipinski definition) is 1. The smallest absolute Gasteiger partial charge is 0.0655 e. The van der Waals surface area contributed by atoms with Crippen molar-refractivity contribution in [2.45, 2.75) is 72.1 Å². The van der Waals surface area contributed by atoms with Gasteiger partial charge in [-0.25, -0.2) is 0 Å². The summed E-state index contributed by atoms with van der Waals surface area (Å²) in [6.07, 6.45) is 4.10. The Kier molecular flexibility index (Phi) is 6.96. The maximum Gasteiger partial charge on any atom is 0.0655 e. The summed E-state index contributed by atoms with van der Waals surface area (Å²) in [6.45, 7) is 13.3. The van der Waals surface area contributed by atoms with E-state index >= 15 is 0 Å². The highest BCUT2D eigenvalue weighted by Gasteiger charge is 2.48. The molecule has 0 aliphatic heterocycles. The van der Waals surface area contributed by atoms with E-state index in [4.69, 9.17) is 4.74 Å². The van der Waals surface area contributed by atoms with Gasteiger partial charge in [-0.3, -0.25) is 0 Å². The summed E-state index contributed by atoms with van der Waals surface area (Å²) in [5, 5.41) is 3.81. The maximum absolute atomic E-state index is 5.82. The highest BCUT2D eigenvalue weighted by atomic mass is 16.5. The van der Waals surface area contributed by atoms with Gasteiger partial charge in [0.1, 0.15) is 0 Å². The van der Waals surface area contributed by atoms with Gasteiger partial charge in [-0.2, -0.15) is 0 Å². The summed E-state index contributed by atoms with van der Waals surface area (Å²) in [6, 6.07) is 1.22. The van der Waals surface area contributed by atoms with E-state index in [0.717, 1.165) is 25.5 Å². The van der Waals surface area contributed by atoms with Crippen molar-refractivity contribution in [1.29, 1.82) is 0 Å². The minimum Gasteiger partial charge on any atom is -0.378 e. The van der Waals surface area contributed by atoms with Crippen molar-refractivity contribution in [2.24, 2.45) is 11.3 Å². The standard InChI is InChI=1S/C17H36N2O/c1-8-13(9-2)14(19(6)7)12-18-15-11-16(20-10-3)17(15,4)5/h13-16,18H,8-12H2,1-7H3. The van der Waals surface area contributed by atoms with Crippen LogP contribution in [0.15, 0.2) is 0 Å². The molecule has 1 aliphatic carbocycles. The third-order valence-corrected chi connectivity index (χ3v) is 5.38. The molecular formula is C17H36N2O. The first-order chi connectivity index (χ1) is 9.38. The Hall–Kier alpha value is -0.120. The maximum atomic E-state index is 5.82. The van der Waals surface area contributed by atoms with E-state index in [-0.39, 0.29) is 5.41 Å². The van der Waals surface area contributed by atoms with Crippen LogP contribution in [0.25, 0.3) is 0 Å². The molecule has 1 fully saturated rings. The third-order valence-electron chi connectivity index (χ3n) is 5.38. The van der Waals surface area contributed by atoms with Gasteiger partial charge in [0.25, 0.3) is 0 Å². The van der Waals surface area contributed by atoms with Gasteiger partial charge in [0.15, 0.2) is 0 Å². The van der Waals surface area contributed by atoms with Gasteiger partial charge >= 0.3 is 0 Å². The van der Waals surface area contributed by atoms with Gasteiger partial charge in [0.2, 0.25) is 0 Å². The largest absolute Gasteiger partial charge is 0.378 e. The van der Waals surface area contributed by atoms with E-state index < -0.39 is 0 Å². The Morgan fingerprint density at radius 1 is 1.20 bits per heavy atom. The second-order valence-electron chi connectivity index (χ2n) is 7.07. The Labute approximate surface area is 126 Å². The van der Waals surface area contributed by atoms with E-state index in [2.05, 4.69) is 58.9 Å². The summed E-state index contributed by atoms with van der Waals surface area (Å²) < 4.78 is 5.82. The molecule has 120 valence electrons. The van der Waals surface area contributed by atoms with Gasteiger partial charge in [-0.05, 0) is 33.4 Å². The number of nitrogens with zero attached hydrogens (tertiary/aromatic N) is 1. The highest BCUT2D eigenvalue weighted by Crippen LogP contribution is 2.42. The van der Waals surface area contributed by atoms with Crippen molar-refractivity contribution in [3.63, 3.8) is 0 Å². The first kappa shape index (κ1) is 17.9. The number of ether oxygens (including phenoxy) is 1. The topological polar surface area (TPSA) is 24.5 Å². The first-order valence-electron chi connectivity index (χ1n) is 8.39. The Bertz CT molecular complexity index is 274. The van der Waals surface area contributed by atoms with E-state index in [9.17, 15) is 0 Å². The second kappa shape index (κ2) is 7.77. The number of likely N-dealkylation sites (N-methyl/N-ethyl adjacent to an activating group) is 1. The SMILES string of the molecule is CCOC1CC(NCC(C(CC)CC)N(C)C)C1(C)C. The number of hydrogen-bond acceptors (Lipinski definition) is 3. The van der Waals surface area contributed by atoms with Crippen molar-refractivity contribution in [3.8, 4) is 0 Å². The van der Waals surface area contributed by atoms with E-state index in [1.165, 1.54) is 12.8 Å². The lowest BCUT2D eigenvalue weighted by Crippen LogP contribution is -2.62. The molecule has 0 bridgehead atoms. The average molecular weight is 284 g/mol. The van der Waals surface area contributed by atoms with Crippen molar-refractivity contribution in [2.75, 3.05) is 27.2 Å². The zero-order valence-corrected chi connectivity index (χ0v) is 14.7. The van der Waals surface area contributed by atoms with Crippen LogP contribution in [-0.4, -0.2) is 50.3 Å². The molecule has 1 aliphatic rings. The molecule has 3 atom stereocenters. The molecule has 3 heteroatoms. The zero-order chi connectivity index (χ0) is 15.3. The van der Waals surface area contributed by atoms with E-state index in [1.807, 2.05) is 0 Å². The lowest BCUT2D eigenvalue weighted by Gasteiger charge is -2.52. The zero-order valence-electron chi connectivity index (χ0n) is 14.7. The van der Waals surface area contributed by atoms with Crippen LogP contribution in [0.5, 0.6) is 0 Å². The lowest BCUT2D eigenvalue weighted by atomic mass is 9.64. The van der Waals surface area contributed by atoms with Crippen LogP contribution in [0.3, 0.4) is 0 Å². The summed E-state index contributed by atoms with van der Waals surface area (Å²) in [4.78, 5) is 2.39. The molecule has 0 heterocycles. The molecule has 0 spiro atoms. The molecular weight excluding hydrogens is 248 g/mol. The van der Waals surface area contributed by atoms with Crippen LogP contribution < -0.4 is 5.32 Å². The van der Waals surface area contributed by atoms with Crippen molar-refractivity contribution >= 4 is 0 Å². The molecule has 1 N–H and O–H groups in total. The summed E-state index contributed by atoms with van der Waals surface area (Å²) >= 11 is 0. The molecule has 1 saturated carbocycles. The fraction of sp³-hybridized carbons (Fsp3) is 1.00. The number of rotatable bonds is 9. The van der Waals surface area contributed by atoms with Crippen LogP contribution in [0.2, 0.25) is 0 Å². The van der Waals surface area contributed by atoms with Crippen LogP contribution >= 0.6 is 0 Å². The molecule has 3 unspecified atom stereocenters. The highest BCUT2D eigenvalue weighted by molar-refractivity contribution is 5.03. The average Bonchev–Trinajstić information content (AvgIpc) is 2.40. The minimum atomic E-state index is 0.265. The minimum absolute atomic E-state index is 0.265. The number of nitrogens with one attached hydrogen (secondary N) is 1. The molecule has 0 aromatic rings. The molecule has 0 aromatic heterocycles. The van der Waals surface area contributed by atoms with Gasteiger partial charge in [-0.1, -0.05) is 40.5 Å². The molecule has 0 amide bonds. The van der Waals surface area contributed by atoms with Gasteiger partial charge in [-0.15, -0.1) is 0 Å². The molecule has 20 heavy (non-hydrogen) atoms. The molecule has 0 saturated heterocycles. The van der Waals surface area contributed by atoms with Crippen LogP contribution in [-0.2, 0) is 4.74 Å². The van der Waals surface area contributed by atoms with Crippen LogP contribution in [0.4, 0.5) is 0 Å². The summed E-state index contributed by atoms with van der Waals surface area (Å²) in [5.41, 5.74) is 0.265. The van der Waals surface area contributed by atoms with Gasteiger partial charge in [0, 0.05) is 30.7 Å². The van der Waals surface area contributed by atoms with Crippen LogP contribution in [0, 0.1) is 11.3 Å². The Morgan fingerprint density at radius 2 is 1.80 bits per heavy atom. The third kappa shape index (κ3) is 3.96. The predicted octanol–water partition coefficient (Wildman–Crippen LogP) is 3.15.